The van der Waals surface area contributed by atoms with Crippen molar-refractivity contribution in [3.8, 4) is 11.8 Å². The molecule has 2 aromatic carbocycles. The first-order valence-electron chi connectivity index (χ1n) is 8.29. The first-order chi connectivity index (χ1) is 13.1. The second kappa shape index (κ2) is 9.19. The highest BCUT2D eigenvalue weighted by molar-refractivity contribution is 14.1. The minimum absolute atomic E-state index is 0.153. The average molecular weight is 472 g/mol. The molecule has 136 valence electrons. The highest BCUT2D eigenvalue weighted by atomic mass is 127. The Balaban J connectivity index is 1.67. The number of ether oxygens (including phenoxy) is 1. The molecule has 1 aromatic heterocycles. The number of carbonyl (C=O) groups excluding carboxylic acids is 1. The van der Waals surface area contributed by atoms with Crippen LogP contribution in [-0.2, 0) is 6.54 Å². The molecule has 0 saturated carbocycles. The van der Waals surface area contributed by atoms with E-state index in [4.69, 9.17) is 10.00 Å². The molecule has 1 unspecified atom stereocenters. The van der Waals surface area contributed by atoms with Gasteiger partial charge in [-0.05, 0) is 71.1 Å². The minimum Gasteiger partial charge on any atom is -0.491 e. The molecule has 0 fully saturated rings. The van der Waals surface area contributed by atoms with E-state index in [2.05, 4.69) is 39.0 Å². The van der Waals surface area contributed by atoms with Gasteiger partial charge in [-0.15, -0.1) is 0 Å². The van der Waals surface area contributed by atoms with Crippen LogP contribution in [0.1, 0.15) is 15.9 Å². The first kappa shape index (κ1) is 18.9. The molecule has 0 spiro atoms. The van der Waals surface area contributed by atoms with E-state index in [1.165, 1.54) is 0 Å². The monoisotopic (exact) mass is 472 g/mol. The summed E-state index contributed by atoms with van der Waals surface area (Å²) >= 11 is 2.20. The Bertz CT molecular complexity index is 916. The lowest BCUT2D eigenvalue weighted by Crippen LogP contribution is -2.42. The molecule has 0 aliphatic rings. The number of rotatable bonds is 7. The van der Waals surface area contributed by atoms with E-state index in [1.54, 1.807) is 48.9 Å². The summed E-state index contributed by atoms with van der Waals surface area (Å²) in [5.41, 5.74) is 1.17. The van der Waals surface area contributed by atoms with Crippen LogP contribution in [0.15, 0.2) is 67.3 Å². The Labute approximate surface area is 170 Å². The maximum Gasteiger partial charge on any atom is 0.251 e. The molecule has 0 saturated heterocycles. The van der Waals surface area contributed by atoms with E-state index in [9.17, 15) is 4.79 Å². The summed E-state index contributed by atoms with van der Waals surface area (Å²) in [5.74, 6) is 0.494. The van der Waals surface area contributed by atoms with Crippen LogP contribution in [0.4, 0.5) is 0 Å². The van der Waals surface area contributed by atoms with Crippen molar-refractivity contribution >= 4 is 28.5 Å². The maximum absolute atomic E-state index is 12.6. The topological polar surface area (TPSA) is 79.9 Å². The van der Waals surface area contributed by atoms with Gasteiger partial charge >= 0.3 is 0 Å². The molecule has 7 heteroatoms. The zero-order chi connectivity index (χ0) is 19.1. The number of hydrogen-bond acceptors (Lipinski definition) is 4. The van der Waals surface area contributed by atoms with Gasteiger partial charge in [-0.2, -0.15) is 5.26 Å². The zero-order valence-corrected chi connectivity index (χ0v) is 16.5. The molecule has 1 N–H and O–H groups in total. The molecule has 3 aromatic rings. The van der Waals surface area contributed by atoms with Gasteiger partial charge < -0.3 is 14.6 Å². The molecule has 0 bridgehead atoms. The summed E-state index contributed by atoms with van der Waals surface area (Å²) in [4.78, 5) is 16.6. The van der Waals surface area contributed by atoms with Crippen LogP contribution < -0.4 is 10.1 Å². The van der Waals surface area contributed by atoms with Gasteiger partial charge in [-0.25, -0.2) is 4.98 Å². The van der Waals surface area contributed by atoms with Crippen LogP contribution in [0.25, 0.3) is 0 Å². The summed E-state index contributed by atoms with van der Waals surface area (Å²) in [6.45, 7) is 0.826. The van der Waals surface area contributed by atoms with E-state index >= 15 is 0 Å². The Hall–Kier alpha value is -2.86. The SMILES string of the molecule is N#Cc1ccc(OCC(Cn2ccnc2)NC(=O)c2ccc(I)cc2)cc1. The summed E-state index contributed by atoms with van der Waals surface area (Å²) in [7, 11) is 0. The number of aromatic nitrogens is 2. The van der Waals surface area contributed by atoms with Crippen LogP contribution in [0.5, 0.6) is 5.75 Å². The van der Waals surface area contributed by atoms with Gasteiger partial charge in [-0.3, -0.25) is 4.79 Å². The quantitative estimate of drug-likeness (QED) is 0.536. The highest BCUT2D eigenvalue weighted by Gasteiger charge is 2.15. The Morgan fingerprint density at radius 2 is 1.96 bits per heavy atom. The second-order valence-corrected chi connectivity index (χ2v) is 7.13. The number of carbonyl (C=O) groups is 1. The number of nitrogens with zero attached hydrogens (tertiary/aromatic N) is 3. The lowest BCUT2D eigenvalue weighted by Gasteiger charge is -2.20. The van der Waals surface area contributed by atoms with E-state index < -0.39 is 0 Å². The molecule has 3 rings (SSSR count). The molecular formula is C20H17IN4O2. The predicted molar refractivity (Wildman–Crippen MR) is 109 cm³/mol. The number of amides is 1. The van der Waals surface area contributed by atoms with Gasteiger partial charge in [0.15, 0.2) is 0 Å². The lowest BCUT2D eigenvalue weighted by atomic mass is 10.2. The molecule has 6 nitrogen and oxygen atoms in total. The third-order valence-electron chi connectivity index (χ3n) is 3.87. The van der Waals surface area contributed by atoms with E-state index in [0.29, 0.717) is 30.0 Å². The van der Waals surface area contributed by atoms with Crippen LogP contribution in [-0.4, -0.2) is 28.1 Å². The number of halogens is 1. The number of benzene rings is 2. The fourth-order valence-electron chi connectivity index (χ4n) is 2.48. The molecule has 0 aliphatic heterocycles. The standard InChI is InChI=1S/C20H17IN4O2/c21-17-5-3-16(4-6-17)20(26)24-18(12-25-10-9-23-14-25)13-27-19-7-1-15(11-22)2-8-19/h1-10,14,18H,12-13H2,(H,24,26). The van der Waals surface area contributed by atoms with Crippen molar-refractivity contribution < 1.29 is 9.53 Å². The van der Waals surface area contributed by atoms with Crippen molar-refractivity contribution in [2.24, 2.45) is 0 Å². The number of imidazole rings is 1. The summed E-state index contributed by atoms with van der Waals surface area (Å²) in [6.07, 6.45) is 5.23. The number of nitriles is 1. The molecule has 27 heavy (non-hydrogen) atoms. The minimum atomic E-state index is -0.248. The predicted octanol–water partition coefficient (Wildman–Crippen LogP) is 3.24. The average Bonchev–Trinajstić information content (AvgIpc) is 3.20. The van der Waals surface area contributed by atoms with Gasteiger partial charge in [0, 0.05) is 28.1 Å². The van der Waals surface area contributed by atoms with E-state index in [0.717, 1.165) is 3.57 Å². The van der Waals surface area contributed by atoms with Crippen molar-refractivity contribution in [1.82, 2.24) is 14.9 Å². The van der Waals surface area contributed by atoms with Crippen molar-refractivity contribution in [3.63, 3.8) is 0 Å². The molecular weight excluding hydrogens is 455 g/mol. The first-order valence-corrected chi connectivity index (χ1v) is 9.37. The van der Waals surface area contributed by atoms with Crippen molar-refractivity contribution in [1.29, 1.82) is 5.26 Å². The highest BCUT2D eigenvalue weighted by Crippen LogP contribution is 2.12. The third-order valence-corrected chi connectivity index (χ3v) is 4.59. The van der Waals surface area contributed by atoms with Crippen LogP contribution in [0, 0.1) is 14.9 Å². The van der Waals surface area contributed by atoms with Gasteiger partial charge in [0.25, 0.3) is 5.91 Å². The Kier molecular flexibility index (Phi) is 6.44. The number of hydrogen-bond donors (Lipinski definition) is 1. The maximum atomic E-state index is 12.6. The summed E-state index contributed by atoms with van der Waals surface area (Å²) in [6, 6.07) is 16.1. The summed E-state index contributed by atoms with van der Waals surface area (Å²) < 4.78 is 8.78. The summed E-state index contributed by atoms with van der Waals surface area (Å²) in [5, 5.41) is 11.9. The van der Waals surface area contributed by atoms with Crippen LogP contribution >= 0.6 is 22.6 Å². The molecule has 1 heterocycles. The molecule has 1 amide bonds. The molecule has 0 aliphatic carbocycles. The lowest BCUT2D eigenvalue weighted by molar-refractivity contribution is 0.0915. The van der Waals surface area contributed by atoms with Gasteiger partial charge in [0.2, 0.25) is 0 Å². The second-order valence-electron chi connectivity index (χ2n) is 5.88. The van der Waals surface area contributed by atoms with E-state index in [1.807, 2.05) is 22.9 Å². The van der Waals surface area contributed by atoms with Gasteiger partial charge in [-0.1, -0.05) is 0 Å². The van der Waals surface area contributed by atoms with Crippen LogP contribution in [0.3, 0.4) is 0 Å². The van der Waals surface area contributed by atoms with Crippen molar-refractivity contribution in [2.75, 3.05) is 6.61 Å². The molecule has 1 atom stereocenters. The molecule has 0 radical (unpaired) electrons. The Morgan fingerprint density at radius 1 is 1.22 bits per heavy atom. The normalized spacial score (nSPS) is 11.4. The number of nitrogens with one attached hydrogen (secondary N) is 1. The third kappa shape index (κ3) is 5.56. The fraction of sp³-hybridized carbons (Fsp3) is 0.150. The largest absolute Gasteiger partial charge is 0.491 e. The van der Waals surface area contributed by atoms with Crippen molar-refractivity contribution in [3.05, 3.63) is 81.9 Å². The Morgan fingerprint density at radius 3 is 2.59 bits per heavy atom. The van der Waals surface area contributed by atoms with Crippen molar-refractivity contribution in [2.45, 2.75) is 12.6 Å². The smallest absolute Gasteiger partial charge is 0.251 e. The van der Waals surface area contributed by atoms with E-state index in [-0.39, 0.29) is 11.9 Å². The van der Waals surface area contributed by atoms with Gasteiger partial charge in [0.1, 0.15) is 12.4 Å². The fourth-order valence-corrected chi connectivity index (χ4v) is 2.84. The van der Waals surface area contributed by atoms with Gasteiger partial charge in [0.05, 0.1) is 24.0 Å². The van der Waals surface area contributed by atoms with Crippen LogP contribution in [0.2, 0.25) is 0 Å². The zero-order valence-electron chi connectivity index (χ0n) is 14.4.